The van der Waals surface area contributed by atoms with Crippen molar-refractivity contribution in [3.05, 3.63) is 65.2 Å². The van der Waals surface area contributed by atoms with E-state index in [1.807, 2.05) is 47.8 Å². The number of amides is 2. The van der Waals surface area contributed by atoms with Gasteiger partial charge in [0.1, 0.15) is 5.69 Å². The Morgan fingerprint density at radius 3 is 2.65 bits per heavy atom. The number of nitrogens with one attached hydrogen (secondary N) is 2. The molecule has 0 aliphatic rings. The fourth-order valence-electron chi connectivity index (χ4n) is 2.38. The molecule has 1 aromatic carbocycles. The van der Waals surface area contributed by atoms with Crippen LogP contribution in [0.5, 0.6) is 0 Å². The number of hydrazine groups is 1. The summed E-state index contributed by atoms with van der Waals surface area (Å²) in [4.78, 5) is 24.8. The van der Waals surface area contributed by atoms with Crippen molar-refractivity contribution in [2.45, 2.75) is 13.5 Å². The minimum absolute atomic E-state index is 0.219. The molecule has 2 N–H and O–H groups in total. The lowest BCUT2D eigenvalue weighted by Crippen LogP contribution is -2.42. The van der Waals surface area contributed by atoms with Crippen LogP contribution in [-0.2, 0) is 11.3 Å². The van der Waals surface area contributed by atoms with Gasteiger partial charge in [-0.2, -0.15) is 5.10 Å². The van der Waals surface area contributed by atoms with Crippen LogP contribution in [0.1, 0.15) is 22.8 Å². The second kappa shape index (κ2) is 8.30. The van der Waals surface area contributed by atoms with E-state index in [0.29, 0.717) is 17.8 Å². The van der Waals surface area contributed by atoms with E-state index < -0.39 is 12.0 Å². The summed E-state index contributed by atoms with van der Waals surface area (Å²) >= 11 is 1.49. The lowest BCUT2D eigenvalue weighted by molar-refractivity contribution is 0.0913. The highest BCUT2D eigenvalue weighted by Crippen LogP contribution is 2.26. The normalized spacial score (nSPS) is 10.3. The molecule has 0 atom stereocenters. The number of rotatable bonds is 5. The molecule has 0 radical (unpaired) electrons. The van der Waals surface area contributed by atoms with Crippen molar-refractivity contribution in [3.63, 3.8) is 0 Å². The van der Waals surface area contributed by atoms with Gasteiger partial charge in [-0.15, -0.1) is 11.3 Å². The van der Waals surface area contributed by atoms with Crippen molar-refractivity contribution in [1.82, 2.24) is 20.6 Å². The first-order chi connectivity index (χ1) is 12.7. The molecule has 0 aliphatic carbocycles. The van der Waals surface area contributed by atoms with E-state index >= 15 is 0 Å². The van der Waals surface area contributed by atoms with Crippen LogP contribution in [0.15, 0.2) is 54.0 Å². The maximum Gasteiger partial charge on any atom is 0.426 e. The van der Waals surface area contributed by atoms with E-state index in [2.05, 4.69) is 16.0 Å². The Morgan fingerprint density at radius 1 is 1.15 bits per heavy atom. The number of aromatic nitrogens is 2. The van der Waals surface area contributed by atoms with E-state index in [9.17, 15) is 9.59 Å². The van der Waals surface area contributed by atoms with Gasteiger partial charge in [0.2, 0.25) is 0 Å². The maximum absolute atomic E-state index is 12.5. The number of carbonyl (C=O) groups is 2. The second-order valence-corrected chi connectivity index (χ2v) is 6.30. The van der Waals surface area contributed by atoms with Crippen LogP contribution >= 0.6 is 11.3 Å². The molecular formula is C18H18N4O3S. The first kappa shape index (κ1) is 17.7. The van der Waals surface area contributed by atoms with Crippen molar-refractivity contribution in [2.75, 3.05) is 6.61 Å². The predicted molar refractivity (Wildman–Crippen MR) is 98.7 cm³/mol. The average Bonchev–Trinajstić information content (AvgIpc) is 3.30. The minimum Gasteiger partial charge on any atom is -0.449 e. The molecular weight excluding hydrogens is 352 g/mol. The zero-order valence-corrected chi connectivity index (χ0v) is 15.0. The lowest BCUT2D eigenvalue weighted by atomic mass is 10.2. The summed E-state index contributed by atoms with van der Waals surface area (Å²) in [6.45, 7) is 2.44. The summed E-state index contributed by atoms with van der Waals surface area (Å²) in [7, 11) is 0. The van der Waals surface area contributed by atoms with Gasteiger partial charge < -0.3 is 4.74 Å². The van der Waals surface area contributed by atoms with Crippen LogP contribution in [0, 0.1) is 0 Å². The second-order valence-electron chi connectivity index (χ2n) is 5.35. The number of carbonyl (C=O) groups excluding carboxylic acids is 2. The topological polar surface area (TPSA) is 85.3 Å². The molecule has 2 aromatic heterocycles. The molecule has 2 heterocycles. The van der Waals surface area contributed by atoms with Crippen molar-refractivity contribution in [1.29, 1.82) is 0 Å². The molecule has 0 saturated heterocycles. The Bertz CT molecular complexity index is 875. The SMILES string of the molecule is CCOC(=O)NNC(=O)c1cn(Cc2ccccc2)nc1-c1cccs1. The standard InChI is InChI=1S/C18H18N4O3S/c1-2-25-18(24)20-19-17(23)14-12-22(11-13-7-4-3-5-8-13)21-16(14)15-9-6-10-26-15/h3-10,12H,2,11H2,1H3,(H,19,23)(H,20,24). The zero-order chi connectivity index (χ0) is 18.4. The molecule has 8 heteroatoms. The van der Waals surface area contributed by atoms with Crippen LogP contribution < -0.4 is 10.9 Å². The number of hydrogen-bond donors (Lipinski definition) is 2. The molecule has 3 rings (SSSR count). The first-order valence-electron chi connectivity index (χ1n) is 8.05. The predicted octanol–water partition coefficient (Wildman–Crippen LogP) is 3.05. The highest BCUT2D eigenvalue weighted by molar-refractivity contribution is 7.13. The van der Waals surface area contributed by atoms with Gasteiger partial charge >= 0.3 is 6.09 Å². The van der Waals surface area contributed by atoms with E-state index in [-0.39, 0.29) is 6.61 Å². The van der Waals surface area contributed by atoms with Crippen molar-refractivity contribution in [3.8, 4) is 10.6 Å². The van der Waals surface area contributed by atoms with Gasteiger partial charge in [0.25, 0.3) is 5.91 Å². The third kappa shape index (κ3) is 4.28. The number of nitrogens with zero attached hydrogens (tertiary/aromatic N) is 2. The van der Waals surface area contributed by atoms with Crippen LogP contribution in [0.2, 0.25) is 0 Å². The molecule has 3 aromatic rings. The van der Waals surface area contributed by atoms with E-state index in [1.54, 1.807) is 17.8 Å². The van der Waals surface area contributed by atoms with Gasteiger partial charge in [0.15, 0.2) is 0 Å². The molecule has 0 unspecified atom stereocenters. The molecule has 0 bridgehead atoms. The monoisotopic (exact) mass is 370 g/mol. The zero-order valence-electron chi connectivity index (χ0n) is 14.1. The van der Waals surface area contributed by atoms with Gasteiger partial charge in [-0.1, -0.05) is 36.4 Å². The van der Waals surface area contributed by atoms with Crippen molar-refractivity contribution < 1.29 is 14.3 Å². The highest BCUT2D eigenvalue weighted by atomic mass is 32.1. The highest BCUT2D eigenvalue weighted by Gasteiger charge is 2.19. The third-order valence-corrected chi connectivity index (χ3v) is 4.38. The van der Waals surface area contributed by atoms with E-state index in [1.165, 1.54) is 11.3 Å². The Kier molecular flexibility index (Phi) is 5.65. The smallest absolute Gasteiger partial charge is 0.426 e. The minimum atomic E-state index is -0.713. The Labute approximate surface area is 154 Å². The Morgan fingerprint density at radius 2 is 1.96 bits per heavy atom. The molecule has 26 heavy (non-hydrogen) atoms. The largest absolute Gasteiger partial charge is 0.449 e. The number of thiophene rings is 1. The van der Waals surface area contributed by atoms with Crippen LogP contribution in [0.4, 0.5) is 4.79 Å². The van der Waals surface area contributed by atoms with Crippen molar-refractivity contribution >= 4 is 23.3 Å². The summed E-state index contributed by atoms with van der Waals surface area (Å²) in [5.41, 5.74) is 6.59. The maximum atomic E-state index is 12.5. The van der Waals surface area contributed by atoms with Crippen molar-refractivity contribution in [2.24, 2.45) is 0 Å². The molecule has 0 spiro atoms. The van der Waals surface area contributed by atoms with Gasteiger partial charge in [-0.25, -0.2) is 10.2 Å². The lowest BCUT2D eigenvalue weighted by Gasteiger charge is -2.06. The quantitative estimate of drug-likeness (QED) is 0.676. The molecule has 0 saturated carbocycles. The molecule has 2 amide bonds. The van der Waals surface area contributed by atoms with E-state index in [4.69, 9.17) is 4.74 Å². The van der Waals surface area contributed by atoms with Gasteiger partial charge in [0, 0.05) is 6.20 Å². The van der Waals surface area contributed by atoms with Gasteiger partial charge in [-0.3, -0.25) is 14.9 Å². The number of benzene rings is 1. The molecule has 7 nitrogen and oxygen atoms in total. The number of hydrogen-bond acceptors (Lipinski definition) is 5. The molecule has 0 aliphatic heterocycles. The summed E-state index contributed by atoms with van der Waals surface area (Å²) in [6.07, 6.45) is 0.958. The van der Waals surface area contributed by atoms with Gasteiger partial charge in [-0.05, 0) is 23.9 Å². The van der Waals surface area contributed by atoms with Gasteiger partial charge in [0.05, 0.1) is 23.6 Å². The first-order valence-corrected chi connectivity index (χ1v) is 8.93. The Balaban J connectivity index is 1.83. The Hall–Kier alpha value is -3.13. The summed E-state index contributed by atoms with van der Waals surface area (Å²) in [6, 6.07) is 13.6. The fourth-order valence-corrected chi connectivity index (χ4v) is 3.10. The van der Waals surface area contributed by atoms with Crippen LogP contribution in [-0.4, -0.2) is 28.4 Å². The summed E-state index contributed by atoms with van der Waals surface area (Å²) < 4.78 is 6.44. The number of ether oxygens (including phenoxy) is 1. The van der Waals surface area contributed by atoms with Crippen LogP contribution in [0.25, 0.3) is 10.6 Å². The average molecular weight is 370 g/mol. The molecule has 0 fully saturated rings. The molecule has 134 valence electrons. The van der Waals surface area contributed by atoms with E-state index in [0.717, 1.165) is 10.4 Å². The van der Waals surface area contributed by atoms with Crippen LogP contribution in [0.3, 0.4) is 0 Å². The summed E-state index contributed by atoms with van der Waals surface area (Å²) in [5, 5.41) is 6.48. The fraction of sp³-hybridized carbons (Fsp3) is 0.167. The third-order valence-electron chi connectivity index (χ3n) is 3.50. The summed E-state index contributed by atoms with van der Waals surface area (Å²) in [5.74, 6) is -0.458.